The molecule has 1 amide bonds. The highest BCUT2D eigenvalue weighted by Crippen LogP contribution is 2.41. The summed E-state index contributed by atoms with van der Waals surface area (Å²) in [5, 5.41) is 10.8. The lowest BCUT2D eigenvalue weighted by molar-refractivity contribution is -0.123. The second-order valence-corrected chi connectivity index (χ2v) is 10.8. The van der Waals surface area contributed by atoms with Gasteiger partial charge in [0.1, 0.15) is 10.1 Å². The Hall–Kier alpha value is -1.33. The van der Waals surface area contributed by atoms with Crippen LogP contribution < -0.4 is 0 Å². The Labute approximate surface area is 166 Å². The van der Waals surface area contributed by atoms with E-state index >= 15 is 0 Å². The third-order valence-corrected chi connectivity index (χ3v) is 5.72. The van der Waals surface area contributed by atoms with Gasteiger partial charge in [-0.25, -0.2) is 0 Å². The van der Waals surface area contributed by atoms with E-state index in [1.807, 2.05) is 32.1 Å². The largest absolute Gasteiger partial charge is 0.507 e. The number of thioether (sulfide) groups is 1. The molecule has 0 spiro atoms. The van der Waals surface area contributed by atoms with Crippen LogP contribution in [0.2, 0.25) is 0 Å². The van der Waals surface area contributed by atoms with Crippen molar-refractivity contribution in [1.29, 1.82) is 0 Å². The Morgan fingerprint density at radius 2 is 1.54 bits per heavy atom. The molecule has 26 heavy (non-hydrogen) atoms. The summed E-state index contributed by atoms with van der Waals surface area (Å²) in [5.41, 5.74) is 2.28. The van der Waals surface area contributed by atoms with E-state index in [-0.39, 0.29) is 22.8 Å². The number of amides is 1. The van der Waals surface area contributed by atoms with Crippen molar-refractivity contribution >= 4 is 40.3 Å². The number of hydrogen-bond donors (Lipinski definition) is 1. The predicted octanol–water partition coefficient (Wildman–Crippen LogP) is 5.60. The first-order valence-electron chi connectivity index (χ1n) is 8.88. The molecule has 1 aromatic rings. The van der Waals surface area contributed by atoms with Gasteiger partial charge in [-0.3, -0.25) is 9.69 Å². The summed E-state index contributed by atoms with van der Waals surface area (Å²) in [6, 6.07) is 4.00. The van der Waals surface area contributed by atoms with Gasteiger partial charge in [-0.15, -0.1) is 0 Å². The van der Waals surface area contributed by atoms with Gasteiger partial charge in [0.25, 0.3) is 5.91 Å². The number of carbonyl (C=O) groups is 1. The molecule has 5 heteroatoms. The van der Waals surface area contributed by atoms with Crippen LogP contribution in [0.15, 0.2) is 17.0 Å². The van der Waals surface area contributed by atoms with Gasteiger partial charge in [-0.2, -0.15) is 0 Å². The number of nitrogens with zero attached hydrogens (tertiary/aromatic N) is 1. The number of rotatable bonds is 2. The Morgan fingerprint density at radius 1 is 1.08 bits per heavy atom. The Balaban J connectivity index is 2.61. The highest BCUT2D eigenvalue weighted by molar-refractivity contribution is 8.26. The first-order chi connectivity index (χ1) is 11.7. The lowest BCUT2D eigenvalue weighted by Crippen LogP contribution is -2.34. The number of phenolic OH excluding ortho intramolecular Hbond substituents is 1. The molecule has 0 aromatic heterocycles. The number of hydrogen-bond acceptors (Lipinski definition) is 4. The van der Waals surface area contributed by atoms with E-state index in [2.05, 4.69) is 41.5 Å². The predicted molar refractivity (Wildman–Crippen MR) is 116 cm³/mol. The third-order valence-electron chi connectivity index (χ3n) is 4.39. The average Bonchev–Trinajstić information content (AvgIpc) is 2.72. The van der Waals surface area contributed by atoms with Gasteiger partial charge in [-0.05, 0) is 48.4 Å². The van der Waals surface area contributed by atoms with Gasteiger partial charge in [0.15, 0.2) is 0 Å². The highest BCUT2D eigenvalue weighted by Gasteiger charge is 2.34. The van der Waals surface area contributed by atoms with Gasteiger partial charge in [-0.1, -0.05) is 65.5 Å². The molecule has 0 bridgehead atoms. The molecule has 2 rings (SSSR count). The normalized spacial score (nSPS) is 17.7. The zero-order valence-electron chi connectivity index (χ0n) is 16.9. The van der Waals surface area contributed by atoms with Gasteiger partial charge in [0.2, 0.25) is 0 Å². The molecule has 0 radical (unpaired) electrons. The maximum atomic E-state index is 12.7. The quantitative estimate of drug-likeness (QED) is 0.526. The topological polar surface area (TPSA) is 40.5 Å². The molecule has 0 aliphatic carbocycles. The number of carbonyl (C=O) groups excluding carboxylic acids is 1. The fraction of sp³-hybridized carbons (Fsp3) is 0.524. The van der Waals surface area contributed by atoms with Crippen molar-refractivity contribution in [1.82, 2.24) is 4.90 Å². The van der Waals surface area contributed by atoms with Crippen LogP contribution in [-0.2, 0) is 15.6 Å². The SMILES string of the molecule is CC(C)N1C(=O)C(=Cc2cc(C(C)(C)C)c(O)c(C(C)(C)C)c2)SC1=S. The lowest BCUT2D eigenvalue weighted by atomic mass is 9.78. The van der Waals surface area contributed by atoms with E-state index in [0.29, 0.717) is 15.0 Å². The molecule has 0 atom stereocenters. The molecule has 1 fully saturated rings. The van der Waals surface area contributed by atoms with E-state index in [9.17, 15) is 9.90 Å². The first kappa shape index (κ1) is 21.0. The van der Waals surface area contributed by atoms with Gasteiger partial charge in [0, 0.05) is 17.2 Å². The van der Waals surface area contributed by atoms with Gasteiger partial charge in [0.05, 0.1) is 4.91 Å². The summed E-state index contributed by atoms with van der Waals surface area (Å²) < 4.78 is 0.599. The number of benzene rings is 1. The smallest absolute Gasteiger partial charge is 0.266 e. The van der Waals surface area contributed by atoms with Crippen LogP contribution in [0.1, 0.15) is 72.1 Å². The molecule has 0 saturated carbocycles. The molecule has 142 valence electrons. The van der Waals surface area contributed by atoms with Crippen molar-refractivity contribution in [2.45, 2.75) is 72.3 Å². The van der Waals surface area contributed by atoms with Crippen molar-refractivity contribution in [2.24, 2.45) is 0 Å². The molecule has 1 aliphatic heterocycles. The molecular weight excluding hydrogens is 362 g/mol. The fourth-order valence-electron chi connectivity index (χ4n) is 2.96. The van der Waals surface area contributed by atoms with Crippen LogP contribution in [0.25, 0.3) is 6.08 Å². The molecule has 1 N–H and O–H groups in total. The lowest BCUT2D eigenvalue weighted by Gasteiger charge is -2.28. The molecule has 1 aliphatic rings. The minimum Gasteiger partial charge on any atom is -0.507 e. The van der Waals surface area contributed by atoms with Crippen LogP contribution in [0.4, 0.5) is 0 Å². The van der Waals surface area contributed by atoms with E-state index in [0.717, 1.165) is 16.7 Å². The van der Waals surface area contributed by atoms with Crippen molar-refractivity contribution in [2.75, 3.05) is 0 Å². The van der Waals surface area contributed by atoms with Crippen LogP contribution in [0.3, 0.4) is 0 Å². The summed E-state index contributed by atoms with van der Waals surface area (Å²) in [6.45, 7) is 16.4. The highest BCUT2D eigenvalue weighted by atomic mass is 32.2. The van der Waals surface area contributed by atoms with E-state index in [4.69, 9.17) is 12.2 Å². The van der Waals surface area contributed by atoms with Crippen LogP contribution in [0.5, 0.6) is 5.75 Å². The first-order valence-corrected chi connectivity index (χ1v) is 10.1. The van der Waals surface area contributed by atoms with Crippen molar-refractivity contribution < 1.29 is 9.90 Å². The fourth-order valence-corrected chi connectivity index (χ4v) is 4.48. The minimum atomic E-state index is -0.204. The summed E-state index contributed by atoms with van der Waals surface area (Å²) >= 11 is 6.71. The standard InChI is InChI=1S/C21H29NO2S2/c1-12(2)22-18(24)16(26-19(22)25)11-13-9-14(20(3,4)5)17(23)15(10-13)21(6,7)8/h9-12,23H,1-8H3. The van der Waals surface area contributed by atoms with Crippen LogP contribution >= 0.6 is 24.0 Å². The monoisotopic (exact) mass is 391 g/mol. The van der Waals surface area contributed by atoms with Crippen molar-refractivity contribution in [3.63, 3.8) is 0 Å². The second-order valence-electron chi connectivity index (χ2n) is 9.11. The van der Waals surface area contributed by atoms with Crippen molar-refractivity contribution in [3.05, 3.63) is 33.7 Å². The van der Waals surface area contributed by atoms with Gasteiger partial charge < -0.3 is 5.11 Å². The van der Waals surface area contributed by atoms with E-state index in [1.165, 1.54) is 11.8 Å². The molecule has 1 aromatic carbocycles. The Bertz CT molecular complexity index is 745. The average molecular weight is 392 g/mol. The zero-order chi connectivity index (χ0) is 20.0. The summed E-state index contributed by atoms with van der Waals surface area (Å²) in [4.78, 5) is 15.0. The second kappa shape index (κ2) is 7.01. The zero-order valence-corrected chi connectivity index (χ0v) is 18.6. The Kier molecular flexibility index (Phi) is 5.65. The van der Waals surface area contributed by atoms with E-state index < -0.39 is 0 Å². The van der Waals surface area contributed by atoms with E-state index in [1.54, 1.807) is 4.90 Å². The number of phenols is 1. The Morgan fingerprint density at radius 3 is 1.88 bits per heavy atom. The maximum absolute atomic E-state index is 12.7. The molecule has 1 saturated heterocycles. The number of aromatic hydroxyl groups is 1. The third kappa shape index (κ3) is 4.15. The molecular formula is C21H29NO2S2. The summed E-state index contributed by atoms with van der Waals surface area (Å²) in [7, 11) is 0. The maximum Gasteiger partial charge on any atom is 0.266 e. The van der Waals surface area contributed by atoms with Crippen LogP contribution in [0, 0.1) is 0 Å². The summed E-state index contributed by atoms with van der Waals surface area (Å²) in [5.74, 6) is 0.301. The molecule has 0 unspecified atom stereocenters. The van der Waals surface area contributed by atoms with Crippen molar-refractivity contribution in [3.8, 4) is 5.75 Å². The molecule has 1 heterocycles. The minimum absolute atomic E-state index is 0.0438. The van der Waals surface area contributed by atoms with Gasteiger partial charge >= 0.3 is 0 Å². The summed E-state index contributed by atoms with van der Waals surface area (Å²) in [6.07, 6.45) is 1.89. The molecule has 3 nitrogen and oxygen atoms in total. The van der Waals surface area contributed by atoms with Crippen LogP contribution in [-0.4, -0.2) is 26.3 Å². The number of thiocarbonyl (C=S) groups is 1.